The van der Waals surface area contributed by atoms with Gasteiger partial charge in [0.25, 0.3) is 5.91 Å². The summed E-state index contributed by atoms with van der Waals surface area (Å²) in [6.07, 6.45) is 4.00. The molecule has 1 amide bonds. The van der Waals surface area contributed by atoms with Crippen molar-refractivity contribution in [2.24, 2.45) is 0 Å². The van der Waals surface area contributed by atoms with E-state index in [1.165, 1.54) is 0 Å². The van der Waals surface area contributed by atoms with Gasteiger partial charge in [0.2, 0.25) is 0 Å². The number of carbonyl (C=O) groups excluding carboxylic acids is 1. The minimum atomic E-state index is -0.129. The maximum Gasteiger partial charge on any atom is 0.252 e. The average Bonchev–Trinajstić information content (AvgIpc) is 3.44. The molecule has 1 atom stereocenters. The van der Waals surface area contributed by atoms with E-state index in [4.69, 9.17) is 4.98 Å². The Hall–Kier alpha value is -3.74. The second-order valence-corrected chi connectivity index (χ2v) is 7.61. The molecule has 0 aliphatic heterocycles. The summed E-state index contributed by atoms with van der Waals surface area (Å²) < 4.78 is 1.75. The Balaban J connectivity index is 1.42. The van der Waals surface area contributed by atoms with Gasteiger partial charge in [-0.3, -0.25) is 4.79 Å². The number of nitrogens with one attached hydrogen (secondary N) is 2. The first-order chi connectivity index (χ1) is 14.7. The number of amides is 1. The normalized spacial score (nSPS) is 14.4. The van der Waals surface area contributed by atoms with Gasteiger partial charge in [-0.25, -0.2) is 9.67 Å². The summed E-state index contributed by atoms with van der Waals surface area (Å²) in [7, 11) is 0. The second-order valence-electron chi connectivity index (χ2n) is 7.61. The van der Waals surface area contributed by atoms with Crippen LogP contribution in [-0.4, -0.2) is 31.9 Å². The summed E-state index contributed by atoms with van der Waals surface area (Å²) in [6, 6.07) is 19.5. The van der Waals surface area contributed by atoms with Gasteiger partial charge in [0.15, 0.2) is 0 Å². The highest BCUT2D eigenvalue weighted by atomic mass is 16.1. The quantitative estimate of drug-likeness (QED) is 0.515. The predicted molar refractivity (Wildman–Crippen MR) is 116 cm³/mol. The Kier molecular flexibility index (Phi) is 4.63. The summed E-state index contributed by atoms with van der Waals surface area (Å²) in [6.45, 7) is 2.00. The number of anilines is 1. The minimum absolute atomic E-state index is 0.0539. The van der Waals surface area contributed by atoms with Crippen molar-refractivity contribution < 1.29 is 4.79 Å². The lowest BCUT2D eigenvalue weighted by Gasteiger charge is -2.14. The van der Waals surface area contributed by atoms with Gasteiger partial charge in [-0.1, -0.05) is 41.6 Å². The van der Waals surface area contributed by atoms with Crippen LogP contribution < -0.4 is 10.6 Å². The summed E-state index contributed by atoms with van der Waals surface area (Å²) in [5.74, 6) is 0.582. The van der Waals surface area contributed by atoms with Crippen molar-refractivity contribution in [3.8, 4) is 5.69 Å². The first kappa shape index (κ1) is 18.3. The zero-order valence-electron chi connectivity index (χ0n) is 16.6. The molecule has 1 saturated carbocycles. The fourth-order valence-corrected chi connectivity index (χ4v) is 3.41. The topological polar surface area (TPSA) is 84.7 Å². The van der Waals surface area contributed by atoms with E-state index in [1.54, 1.807) is 4.68 Å². The lowest BCUT2D eigenvalue weighted by atomic mass is 10.1. The van der Waals surface area contributed by atoms with Gasteiger partial charge >= 0.3 is 0 Å². The monoisotopic (exact) mass is 398 g/mol. The molecule has 4 aromatic rings. The molecule has 1 aliphatic rings. The molecule has 2 heterocycles. The third-order valence-corrected chi connectivity index (χ3v) is 5.21. The van der Waals surface area contributed by atoms with E-state index in [0.717, 1.165) is 35.1 Å². The molecule has 150 valence electrons. The van der Waals surface area contributed by atoms with E-state index in [0.29, 0.717) is 17.4 Å². The number of para-hydroxylation sites is 2. The molecule has 30 heavy (non-hydrogen) atoms. The van der Waals surface area contributed by atoms with Crippen molar-refractivity contribution in [3.63, 3.8) is 0 Å². The highest BCUT2D eigenvalue weighted by Gasteiger charge is 2.25. The summed E-state index contributed by atoms with van der Waals surface area (Å²) in [5.41, 5.74) is 3.16. The van der Waals surface area contributed by atoms with E-state index < -0.39 is 0 Å². The number of aromatic nitrogens is 4. The van der Waals surface area contributed by atoms with Crippen molar-refractivity contribution in [1.29, 1.82) is 0 Å². The third kappa shape index (κ3) is 3.74. The Labute approximate surface area is 174 Å². The largest absolute Gasteiger partial charge is 0.362 e. The number of benzene rings is 2. The zero-order chi connectivity index (χ0) is 20.5. The van der Waals surface area contributed by atoms with Gasteiger partial charge in [-0.2, -0.15) is 0 Å². The lowest BCUT2D eigenvalue weighted by Crippen LogP contribution is -2.26. The molecule has 7 nitrogen and oxygen atoms in total. The van der Waals surface area contributed by atoms with Crippen molar-refractivity contribution in [1.82, 2.24) is 25.3 Å². The number of carbonyl (C=O) groups is 1. The van der Waals surface area contributed by atoms with Crippen molar-refractivity contribution in [2.45, 2.75) is 31.8 Å². The maximum absolute atomic E-state index is 12.8. The number of nitrogens with zero attached hydrogens (tertiary/aromatic N) is 4. The summed E-state index contributed by atoms with van der Waals surface area (Å²) in [4.78, 5) is 17.5. The molecule has 1 fully saturated rings. The molecule has 2 aromatic carbocycles. The van der Waals surface area contributed by atoms with Crippen LogP contribution in [0, 0.1) is 0 Å². The highest BCUT2D eigenvalue weighted by molar-refractivity contribution is 6.07. The van der Waals surface area contributed by atoms with Crippen LogP contribution in [0.1, 0.15) is 41.9 Å². The zero-order valence-corrected chi connectivity index (χ0v) is 16.6. The van der Waals surface area contributed by atoms with Crippen molar-refractivity contribution in [3.05, 3.63) is 78.1 Å². The van der Waals surface area contributed by atoms with E-state index in [2.05, 4.69) is 20.9 Å². The molecule has 0 saturated heterocycles. The summed E-state index contributed by atoms with van der Waals surface area (Å²) in [5, 5.41) is 15.8. The van der Waals surface area contributed by atoms with Crippen molar-refractivity contribution in [2.75, 3.05) is 5.32 Å². The van der Waals surface area contributed by atoms with Crippen molar-refractivity contribution >= 4 is 22.6 Å². The van der Waals surface area contributed by atoms with Gasteiger partial charge in [-0.05, 0) is 44.0 Å². The van der Waals surface area contributed by atoms with Crippen LogP contribution in [0.2, 0.25) is 0 Å². The predicted octanol–water partition coefficient (Wildman–Crippen LogP) is 3.88. The lowest BCUT2D eigenvalue weighted by molar-refractivity contribution is 0.0952. The Morgan fingerprint density at radius 1 is 1.10 bits per heavy atom. The van der Waals surface area contributed by atoms with E-state index in [9.17, 15) is 4.79 Å². The number of hydrogen-bond acceptors (Lipinski definition) is 5. The Bertz CT molecular complexity index is 1200. The van der Waals surface area contributed by atoms with Crippen LogP contribution in [0.25, 0.3) is 16.6 Å². The molecule has 7 heteroatoms. The Morgan fingerprint density at radius 3 is 2.67 bits per heavy atom. The van der Waals surface area contributed by atoms with Crippen LogP contribution in [0.4, 0.5) is 5.82 Å². The molecular formula is C23H22N6O. The number of rotatable bonds is 6. The van der Waals surface area contributed by atoms with E-state index >= 15 is 0 Å². The SMILES string of the molecule is CC(Nc1cc(C(=O)NC2CC2)c2ccccc2n1)c1cn(-c2ccccc2)nn1. The molecule has 2 aromatic heterocycles. The third-order valence-electron chi connectivity index (χ3n) is 5.21. The first-order valence-electron chi connectivity index (χ1n) is 10.1. The molecule has 1 unspecified atom stereocenters. The van der Waals surface area contributed by atoms with Crippen LogP contribution in [0.3, 0.4) is 0 Å². The van der Waals surface area contributed by atoms with Crippen LogP contribution in [0.5, 0.6) is 0 Å². The fourth-order valence-electron chi connectivity index (χ4n) is 3.41. The number of hydrogen-bond donors (Lipinski definition) is 2. The molecular weight excluding hydrogens is 376 g/mol. The highest BCUT2D eigenvalue weighted by Crippen LogP contribution is 2.25. The molecule has 5 rings (SSSR count). The first-order valence-corrected chi connectivity index (χ1v) is 10.1. The smallest absolute Gasteiger partial charge is 0.252 e. The molecule has 0 spiro atoms. The molecule has 2 N–H and O–H groups in total. The van der Waals surface area contributed by atoms with Gasteiger partial charge < -0.3 is 10.6 Å². The maximum atomic E-state index is 12.8. The molecule has 0 bridgehead atoms. The summed E-state index contributed by atoms with van der Waals surface area (Å²) >= 11 is 0. The number of pyridine rings is 1. The van der Waals surface area contributed by atoms with Gasteiger partial charge in [0.1, 0.15) is 11.5 Å². The standard InChI is InChI=1S/C23H22N6O/c1-15(21-14-29(28-27-21)17-7-3-2-4-8-17)24-22-13-19(23(30)25-16-11-12-16)18-9-5-6-10-20(18)26-22/h2-10,13-16H,11-12H2,1H3,(H,24,26)(H,25,30). The van der Waals surface area contributed by atoms with E-state index in [-0.39, 0.29) is 11.9 Å². The Morgan fingerprint density at radius 2 is 1.87 bits per heavy atom. The van der Waals surface area contributed by atoms with Crippen LogP contribution >= 0.6 is 0 Å². The fraction of sp³-hybridized carbons (Fsp3) is 0.217. The van der Waals surface area contributed by atoms with Gasteiger partial charge in [-0.15, -0.1) is 5.10 Å². The second kappa shape index (κ2) is 7.59. The molecule has 0 radical (unpaired) electrons. The minimum Gasteiger partial charge on any atom is -0.362 e. The van der Waals surface area contributed by atoms with Crippen LogP contribution in [0.15, 0.2) is 66.9 Å². The average molecular weight is 398 g/mol. The van der Waals surface area contributed by atoms with Crippen LogP contribution in [-0.2, 0) is 0 Å². The van der Waals surface area contributed by atoms with Gasteiger partial charge in [0, 0.05) is 11.4 Å². The van der Waals surface area contributed by atoms with E-state index in [1.807, 2.05) is 73.8 Å². The van der Waals surface area contributed by atoms with Gasteiger partial charge in [0.05, 0.1) is 29.0 Å². The number of fused-ring (bicyclic) bond motifs is 1. The molecule has 1 aliphatic carbocycles.